The van der Waals surface area contributed by atoms with E-state index in [0.717, 1.165) is 0 Å². The standard InChI is InChI=1S/C37H35N5O7/c1-22(39-35(47)31(43)25-9-5-3-6-10-25)33(45)41-28-17-13-24(14-18-28)30-21-38-37(49-30)27-15-19-29(20-16-27)42-34(46)23(2)40-36(48)32(44)26-11-7-4-8-12-26/h3-23,31-32,43-44H,1-2H3,(H,39,47)(H,40,48)(H,41,45)(H,42,46)/t22?,23-,31+,32+/m0/s1. The van der Waals surface area contributed by atoms with E-state index < -0.39 is 47.9 Å². The summed E-state index contributed by atoms with van der Waals surface area (Å²) in [6.45, 7) is 3.05. The number of aromatic nitrogens is 1. The molecule has 0 aliphatic rings. The molecule has 4 amide bonds. The van der Waals surface area contributed by atoms with Gasteiger partial charge in [-0.15, -0.1) is 0 Å². The van der Waals surface area contributed by atoms with Crippen molar-refractivity contribution in [3.63, 3.8) is 0 Å². The zero-order chi connectivity index (χ0) is 34.9. The topological polar surface area (TPSA) is 183 Å². The molecule has 4 aromatic carbocycles. The Balaban J connectivity index is 1.12. The van der Waals surface area contributed by atoms with Crippen LogP contribution in [0.3, 0.4) is 0 Å². The number of aliphatic hydroxyl groups excluding tert-OH is 2. The number of anilines is 2. The highest BCUT2D eigenvalue weighted by Crippen LogP contribution is 2.28. The van der Waals surface area contributed by atoms with Crippen molar-refractivity contribution in [2.45, 2.75) is 38.1 Å². The highest BCUT2D eigenvalue weighted by atomic mass is 16.4. The van der Waals surface area contributed by atoms with Gasteiger partial charge in [0.1, 0.15) is 12.1 Å². The first-order valence-corrected chi connectivity index (χ1v) is 15.4. The summed E-state index contributed by atoms with van der Waals surface area (Å²) in [5, 5.41) is 31.0. The van der Waals surface area contributed by atoms with E-state index in [1.165, 1.54) is 13.8 Å². The van der Waals surface area contributed by atoms with Gasteiger partial charge in [-0.2, -0.15) is 0 Å². The maximum Gasteiger partial charge on any atom is 0.254 e. The summed E-state index contributed by atoms with van der Waals surface area (Å²) < 4.78 is 5.95. The van der Waals surface area contributed by atoms with Crippen LogP contribution in [0.15, 0.2) is 120 Å². The van der Waals surface area contributed by atoms with E-state index in [0.29, 0.717) is 45.3 Å². The fraction of sp³-hybridized carbons (Fsp3) is 0.162. The van der Waals surface area contributed by atoms with Crippen molar-refractivity contribution in [2.75, 3.05) is 10.6 Å². The molecule has 1 heterocycles. The summed E-state index contributed by atoms with van der Waals surface area (Å²) >= 11 is 0. The zero-order valence-electron chi connectivity index (χ0n) is 26.7. The predicted molar refractivity (Wildman–Crippen MR) is 183 cm³/mol. The Hall–Kier alpha value is -6.11. The Morgan fingerprint density at radius 3 is 1.41 bits per heavy atom. The first kappa shape index (κ1) is 34.2. The number of aliphatic hydroxyl groups is 2. The van der Waals surface area contributed by atoms with Gasteiger partial charge in [-0.3, -0.25) is 19.2 Å². The van der Waals surface area contributed by atoms with Gasteiger partial charge in [0.2, 0.25) is 17.7 Å². The molecule has 1 unspecified atom stereocenters. The van der Waals surface area contributed by atoms with Crippen LogP contribution in [0.5, 0.6) is 0 Å². The number of carbonyl (C=O) groups is 4. The smallest absolute Gasteiger partial charge is 0.254 e. The molecule has 0 saturated heterocycles. The van der Waals surface area contributed by atoms with Crippen molar-refractivity contribution >= 4 is 35.0 Å². The fourth-order valence-electron chi connectivity index (χ4n) is 4.75. The third kappa shape index (κ3) is 8.83. The lowest BCUT2D eigenvalue weighted by molar-refractivity contribution is -0.132. The summed E-state index contributed by atoms with van der Waals surface area (Å²) in [5.74, 6) is -1.43. The Morgan fingerprint density at radius 1 is 0.571 bits per heavy atom. The van der Waals surface area contributed by atoms with Crippen LogP contribution in [0, 0.1) is 0 Å². The van der Waals surface area contributed by atoms with Gasteiger partial charge in [0.15, 0.2) is 18.0 Å². The van der Waals surface area contributed by atoms with E-state index in [4.69, 9.17) is 4.42 Å². The van der Waals surface area contributed by atoms with Crippen LogP contribution in [0.25, 0.3) is 22.8 Å². The van der Waals surface area contributed by atoms with Crippen molar-refractivity contribution < 1.29 is 33.8 Å². The molecule has 0 saturated carbocycles. The minimum absolute atomic E-state index is 0.350. The summed E-state index contributed by atoms with van der Waals surface area (Å²) in [5.41, 5.74) is 3.21. The number of rotatable bonds is 12. The molecule has 0 spiro atoms. The van der Waals surface area contributed by atoms with Crippen LogP contribution < -0.4 is 21.3 Å². The molecule has 49 heavy (non-hydrogen) atoms. The lowest BCUT2D eigenvalue weighted by atomic mass is 10.1. The van der Waals surface area contributed by atoms with Crippen LogP contribution in [0.1, 0.15) is 37.2 Å². The molecule has 5 rings (SSSR count). The predicted octanol–water partition coefficient (Wildman–Crippen LogP) is 4.36. The van der Waals surface area contributed by atoms with Crippen LogP contribution in [0.2, 0.25) is 0 Å². The molecule has 0 radical (unpaired) electrons. The summed E-state index contributed by atoms with van der Waals surface area (Å²) in [6.07, 6.45) is -1.21. The van der Waals surface area contributed by atoms with E-state index in [1.807, 2.05) is 0 Å². The monoisotopic (exact) mass is 661 g/mol. The van der Waals surface area contributed by atoms with Gasteiger partial charge in [-0.1, -0.05) is 60.7 Å². The molecule has 0 fully saturated rings. The van der Waals surface area contributed by atoms with Crippen LogP contribution >= 0.6 is 0 Å². The minimum Gasteiger partial charge on any atom is -0.436 e. The minimum atomic E-state index is -1.39. The number of nitrogens with one attached hydrogen (secondary N) is 4. The SMILES string of the molecule is CC(NC(=O)[C@H](O)c1ccccc1)C(=O)Nc1ccc(-c2cnc(-c3ccc(NC(=O)[C@H](C)NC(=O)[C@H](O)c4ccccc4)cc3)o2)cc1. The number of carbonyl (C=O) groups excluding carboxylic acids is 4. The second-order valence-corrected chi connectivity index (χ2v) is 11.2. The van der Waals surface area contributed by atoms with Crippen molar-refractivity contribution in [3.05, 3.63) is 127 Å². The maximum atomic E-state index is 12.7. The molecule has 0 bridgehead atoms. The van der Waals surface area contributed by atoms with Crippen molar-refractivity contribution in [3.8, 4) is 22.8 Å². The number of hydrogen-bond acceptors (Lipinski definition) is 8. The second-order valence-electron chi connectivity index (χ2n) is 11.2. The van der Waals surface area contributed by atoms with E-state index in [2.05, 4.69) is 26.3 Å². The highest BCUT2D eigenvalue weighted by Gasteiger charge is 2.23. The quantitative estimate of drug-likeness (QED) is 0.114. The molecule has 5 aromatic rings. The Morgan fingerprint density at radius 2 is 0.980 bits per heavy atom. The maximum absolute atomic E-state index is 12.7. The molecule has 4 atom stereocenters. The molecule has 0 aliphatic heterocycles. The molecule has 12 heteroatoms. The molecular formula is C37H35N5O7. The van der Waals surface area contributed by atoms with Crippen LogP contribution in [0.4, 0.5) is 11.4 Å². The normalized spacial score (nSPS) is 13.3. The van der Waals surface area contributed by atoms with Crippen molar-refractivity contribution in [1.29, 1.82) is 0 Å². The third-order valence-corrected chi connectivity index (χ3v) is 7.57. The number of nitrogens with zero attached hydrogens (tertiary/aromatic N) is 1. The summed E-state index contributed by atoms with van der Waals surface area (Å²) in [4.78, 5) is 54.5. The van der Waals surface area contributed by atoms with Gasteiger partial charge >= 0.3 is 0 Å². The molecule has 1 aromatic heterocycles. The first-order chi connectivity index (χ1) is 23.6. The lowest BCUT2D eigenvalue weighted by Crippen LogP contribution is -2.43. The largest absolute Gasteiger partial charge is 0.436 e. The molecule has 0 aliphatic carbocycles. The van der Waals surface area contributed by atoms with Crippen LogP contribution in [-0.2, 0) is 19.2 Å². The zero-order valence-corrected chi connectivity index (χ0v) is 26.7. The number of amides is 4. The summed E-state index contributed by atoms with van der Waals surface area (Å²) in [7, 11) is 0. The van der Waals surface area contributed by atoms with Gasteiger partial charge in [-0.25, -0.2) is 4.98 Å². The third-order valence-electron chi connectivity index (χ3n) is 7.57. The van der Waals surface area contributed by atoms with E-state index >= 15 is 0 Å². The van der Waals surface area contributed by atoms with Gasteiger partial charge in [-0.05, 0) is 73.5 Å². The van der Waals surface area contributed by atoms with Gasteiger partial charge in [0, 0.05) is 22.5 Å². The van der Waals surface area contributed by atoms with Crippen molar-refractivity contribution in [1.82, 2.24) is 15.6 Å². The molecular weight excluding hydrogens is 626 g/mol. The van der Waals surface area contributed by atoms with E-state index in [1.54, 1.807) is 115 Å². The van der Waals surface area contributed by atoms with Crippen LogP contribution in [-0.4, -0.2) is 50.9 Å². The molecule has 6 N–H and O–H groups in total. The molecule has 250 valence electrons. The number of hydrogen-bond donors (Lipinski definition) is 6. The number of benzene rings is 4. The average Bonchev–Trinajstić information content (AvgIpc) is 3.62. The summed E-state index contributed by atoms with van der Waals surface area (Å²) in [6, 6.07) is 28.8. The highest BCUT2D eigenvalue weighted by molar-refractivity contribution is 5.98. The first-order valence-electron chi connectivity index (χ1n) is 15.4. The van der Waals surface area contributed by atoms with Crippen molar-refractivity contribution in [2.24, 2.45) is 0 Å². The fourth-order valence-corrected chi connectivity index (χ4v) is 4.75. The Labute approximate surface area is 282 Å². The van der Waals surface area contributed by atoms with E-state index in [9.17, 15) is 29.4 Å². The Kier molecular flexibility index (Phi) is 10.9. The van der Waals surface area contributed by atoms with Gasteiger partial charge < -0.3 is 35.9 Å². The average molecular weight is 662 g/mol. The van der Waals surface area contributed by atoms with Gasteiger partial charge in [0.25, 0.3) is 11.8 Å². The number of oxazole rings is 1. The molecule has 12 nitrogen and oxygen atoms in total. The lowest BCUT2D eigenvalue weighted by Gasteiger charge is -2.17. The van der Waals surface area contributed by atoms with Gasteiger partial charge in [0.05, 0.1) is 6.20 Å². The second kappa shape index (κ2) is 15.7. The van der Waals surface area contributed by atoms with E-state index in [-0.39, 0.29) is 0 Å². The Bertz CT molecular complexity index is 1760.